The number of nitrogens with one attached hydrogen (secondary N) is 1. The lowest BCUT2D eigenvalue weighted by Gasteiger charge is -2.35. The van der Waals surface area contributed by atoms with Crippen molar-refractivity contribution in [2.45, 2.75) is 17.7 Å². The fraction of sp³-hybridized carbons (Fsp3) is 0.368. The minimum atomic E-state index is 0.124. The summed E-state index contributed by atoms with van der Waals surface area (Å²) in [6.45, 7) is 2.45. The Balaban J connectivity index is 1.47. The van der Waals surface area contributed by atoms with Gasteiger partial charge in [0.2, 0.25) is 11.8 Å². The topological polar surface area (TPSA) is 56.4 Å². The first-order valence-electron chi connectivity index (χ1n) is 8.46. The molecule has 0 saturated carbocycles. The van der Waals surface area contributed by atoms with Gasteiger partial charge in [0.05, 0.1) is 12.8 Å². The second-order valence-electron chi connectivity index (χ2n) is 6.18. The van der Waals surface area contributed by atoms with E-state index < -0.39 is 0 Å². The molecule has 0 spiro atoms. The lowest BCUT2D eigenvalue weighted by atomic mass is 10.1. The van der Waals surface area contributed by atoms with E-state index in [1.807, 2.05) is 58.8 Å². The molecule has 1 aliphatic heterocycles. The van der Waals surface area contributed by atoms with E-state index in [4.69, 9.17) is 0 Å². The molecule has 0 unspecified atom stereocenters. The first kappa shape index (κ1) is 17.6. The van der Waals surface area contributed by atoms with E-state index in [2.05, 4.69) is 4.98 Å². The zero-order chi connectivity index (χ0) is 17.6. The molecular weight excluding hydrogens is 334 g/mol. The highest BCUT2D eigenvalue weighted by Gasteiger charge is 2.24. The third-order valence-corrected chi connectivity index (χ3v) is 5.26. The van der Waals surface area contributed by atoms with Gasteiger partial charge in [-0.2, -0.15) is 0 Å². The highest BCUT2D eigenvalue weighted by atomic mass is 32.2. The van der Waals surface area contributed by atoms with E-state index in [1.54, 1.807) is 11.8 Å². The molecule has 2 heterocycles. The van der Waals surface area contributed by atoms with Gasteiger partial charge in [-0.15, -0.1) is 11.8 Å². The molecule has 0 radical (unpaired) electrons. The average molecular weight is 357 g/mol. The van der Waals surface area contributed by atoms with E-state index in [1.165, 1.54) is 4.90 Å². The highest BCUT2D eigenvalue weighted by molar-refractivity contribution is 7.98. The third-order valence-electron chi connectivity index (χ3n) is 4.52. The minimum absolute atomic E-state index is 0.124. The summed E-state index contributed by atoms with van der Waals surface area (Å²) in [4.78, 5) is 32.6. The summed E-state index contributed by atoms with van der Waals surface area (Å²) in [6.07, 6.45) is 6.55. The Morgan fingerprint density at radius 3 is 1.96 bits per heavy atom. The summed E-state index contributed by atoms with van der Waals surface area (Å²) in [5.41, 5.74) is 2.03. The Bertz CT molecular complexity index is 705. The number of aromatic amines is 1. The number of carbonyl (C=O) groups excluding carboxylic acids is 2. The molecule has 6 heteroatoms. The van der Waals surface area contributed by atoms with Crippen LogP contribution in [0.5, 0.6) is 0 Å². The summed E-state index contributed by atoms with van der Waals surface area (Å²) < 4.78 is 0. The van der Waals surface area contributed by atoms with Crippen LogP contribution in [0.1, 0.15) is 11.1 Å². The van der Waals surface area contributed by atoms with Gasteiger partial charge in [0.15, 0.2) is 0 Å². The van der Waals surface area contributed by atoms with Crippen molar-refractivity contribution in [3.8, 4) is 0 Å². The second-order valence-corrected chi connectivity index (χ2v) is 7.06. The van der Waals surface area contributed by atoms with Crippen molar-refractivity contribution >= 4 is 23.6 Å². The summed E-state index contributed by atoms with van der Waals surface area (Å²) >= 11 is 1.69. The fourth-order valence-electron chi connectivity index (χ4n) is 2.99. The number of hydrogen-bond acceptors (Lipinski definition) is 3. The number of piperazine rings is 1. The van der Waals surface area contributed by atoms with Gasteiger partial charge >= 0.3 is 0 Å². The highest BCUT2D eigenvalue weighted by Crippen LogP contribution is 2.16. The van der Waals surface area contributed by atoms with Crippen molar-refractivity contribution in [1.82, 2.24) is 14.8 Å². The van der Waals surface area contributed by atoms with Crippen molar-refractivity contribution < 1.29 is 9.59 Å². The Hall–Kier alpha value is -2.21. The van der Waals surface area contributed by atoms with Gasteiger partial charge in [0.1, 0.15) is 0 Å². The molecular formula is C19H23N3O2S. The Morgan fingerprint density at radius 2 is 1.48 bits per heavy atom. The quantitative estimate of drug-likeness (QED) is 0.835. The molecule has 1 aromatic heterocycles. The molecule has 132 valence electrons. The Kier molecular flexibility index (Phi) is 5.81. The molecule has 0 atom stereocenters. The zero-order valence-electron chi connectivity index (χ0n) is 14.4. The molecule has 3 rings (SSSR count). The molecule has 1 fully saturated rings. The second kappa shape index (κ2) is 8.25. The van der Waals surface area contributed by atoms with Crippen LogP contribution in [0.15, 0.2) is 47.6 Å². The minimum Gasteiger partial charge on any atom is -0.367 e. The number of rotatable bonds is 5. The van der Waals surface area contributed by atoms with E-state index >= 15 is 0 Å². The van der Waals surface area contributed by atoms with Crippen molar-refractivity contribution in [2.75, 3.05) is 32.4 Å². The SMILES string of the molecule is CSc1ccc(CC(=O)N2CCN(C(=O)Cc3cc[nH]c3)CC2)cc1. The number of hydrogen-bond donors (Lipinski definition) is 1. The van der Waals surface area contributed by atoms with Gasteiger partial charge < -0.3 is 14.8 Å². The van der Waals surface area contributed by atoms with Gasteiger partial charge in [-0.3, -0.25) is 9.59 Å². The van der Waals surface area contributed by atoms with Crippen LogP contribution in [0.4, 0.5) is 0 Å². The van der Waals surface area contributed by atoms with Gasteiger partial charge in [0, 0.05) is 43.5 Å². The first-order valence-corrected chi connectivity index (χ1v) is 9.68. The van der Waals surface area contributed by atoms with Crippen LogP contribution in [0.3, 0.4) is 0 Å². The van der Waals surface area contributed by atoms with Crippen LogP contribution < -0.4 is 0 Å². The Labute approximate surface area is 152 Å². The zero-order valence-corrected chi connectivity index (χ0v) is 15.2. The van der Waals surface area contributed by atoms with Gasteiger partial charge in [-0.1, -0.05) is 12.1 Å². The van der Waals surface area contributed by atoms with Crippen molar-refractivity contribution in [3.05, 3.63) is 53.9 Å². The van der Waals surface area contributed by atoms with Crippen LogP contribution in [0, 0.1) is 0 Å². The smallest absolute Gasteiger partial charge is 0.227 e. The predicted molar refractivity (Wildman–Crippen MR) is 99.6 cm³/mol. The fourth-order valence-corrected chi connectivity index (χ4v) is 3.40. The molecule has 25 heavy (non-hydrogen) atoms. The van der Waals surface area contributed by atoms with E-state index in [9.17, 15) is 9.59 Å². The largest absolute Gasteiger partial charge is 0.367 e. The standard InChI is InChI=1S/C19H23N3O2S/c1-25-17-4-2-15(3-5-17)12-18(23)21-8-10-22(11-9-21)19(24)13-16-6-7-20-14-16/h2-7,14,20H,8-13H2,1H3. The third kappa shape index (κ3) is 4.66. The normalized spacial score (nSPS) is 14.6. The summed E-state index contributed by atoms with van der Waals surface area (Å²) in [7, 11) is 0. The monoisotopic (exact) mass is 357 g/mol. The van der Waals surface area contributed by atoms with Crippen LogP contribution in [-0.4, -0.2) is 59.0 Å². The van der Waals surface area contributed by atoms with Gasteiger partial charge in [-0.05, 0) is 35.6 Å². The van der Waals surface area contributed by atoms with E-state index in [-0.39, 0.29) is 11.8 Å². The molecule has 2 aromatic rings. The van der Waals surface area contributed by atoms with E-state index in [0.29, 0.717) is 39.0 Å². The summed E-state index contributed by atoms with van der Waals surface area (Å²) in [6, 6.07) is 10.0. The van der Waals surface area contributed by atoms with Crippen molar-refractivity contribution in [1.29, 1.82) is 0 Å². The van der Waals surface area contributed by atoms with Crippen molar-refractivity contribution in [2.24, 2.45) is 0 Å². The number of benzene rings is 1. The number of nitrogens with zero attached hydrogens (tertiary/aromatic N) is 2. The number of thioether (sulfide) groups is 1. The molecule has 5 nitrogen and oxygen atoms in total. The summed E-state index contributed by atoms with van der Waals surface area (Å²) in [5, 5.41) is 0. The van der Waals surface area contributed by atoms with Crippen LogP contribution in [0.25, 0.3) is 0 Å². The van der Waals surface area contributed by atoms with Crippen LogP contribution in [-0.2, 0) is 22.4 Å². The van der Waals surface area contributed by atoms with E-state index in [0.717, 1.165) is 11.1 Å². The predicted octanol–water partition coefficient (Wildman–Crippen LogP) is 2.19. The lowest BCUT2D eigenvalue weighted by Crippen LogP contribution is -2.51. The van der Waals surface area contributed by atoms with Crippen molar-refractivity contribution in [3.63, 3.8) is 0 Å². The Morgan fingerprint density at radius 1 is 0.920 bits per heavy atom. The average Bonchev–Trinajstić information content (AvgIpc) is 3.15. The molecule has 1 N–H and O–H groups in total. The molecule has 0 aliphatic carbocycles. The number of carbonyl (C=O) groups is 2. The van der Waals surface area contributed by atoms with Gasteiger partial charge in [0.25, 0.3) is 0 Å². The van der Waals surface area contributed by atoms with Gasteiger partial charge in [-0.25, -0.2) is 0 Å². The lowest BCUT2D eigenvalue weighted by molar-refractivity contribution is -0.138. The number of H-pyrrole nitrogens is 1. The maximum atomic E-state index is 12.5. The van der Waals surface area contributed by atoms with Crippen LogP contribution in [0.2, 0.25) is 0 Å². The first-order chi connectivity index (χ1) is 12.2. The molecule has 1 saturated heterocycles. The maximum absolute atomic E-state index is 12.5. The summed E-state index contributed by atoms with van der Waals surface area (Å²) in [5.74, 6) is 0.258. The maximum Gasteiger partial charge on any atom is 0.227 e. The number of amides is 2. The molecule has 1 aromatic carbocycles. The molecule has 0 bridgehead atoms. The molecule has 1 aliphatic rings. The molecule has 2 amide bonds. The number of aromatic nitrogens is 1. The van der Waals surface area contributed by atoms with Crippen LogP contribution >= 0.6 is 11.8 Å².